The van der Waals surface area contributed by atoms with Gasteiger partial charge in [-0.15, -0.1) is 0 Å². The van der Waals surface area contributed by atoms with Gasteiger partial charge in [0.05, 0.1) is 10.8 Å². The summed E-state index contributed by atoms with van der Waals surface area (Å²) >= 11 is 3.29. The fourth-order valence-electron chi connectivity index (χ4n) is 2.57. The lowest BCUT2D eigenvalue weighted by Gasteiger charge is -2.31. The molecule has 8 heteroatoms. The maximum absolute atomic E-state index is 12.7. The standard InChI is InChI=1S/C15H21BrN2O4S/c16-13-4-6-14(7-5-13)23(21,22)18-9-1-3-12(11-18)15(20)17-8-2-10-19/h4-7,12,19H,1-3,8-11H2,(H,17,20). The number of nitrogens with zero attached hydrogens (tertiary/aromatic N) is 1. The normalized spacial score (nSPS) is 19.5. The van der Waals surface area contributed by atoms with Crippen LogP contribution in [0.25, 0.3) is 0 Å². The number of hydrogen-bond donors (Lipinski definition) is 2. The number of aliphatic hydroxyl groups is 1. The third kappa shape index (κ3) is 4.76. The predicted molar refractivity (Wildman–Crippen MR) is 90.3 cm³/mol. The molecule has 1 aromatic rings. The van der Waals surface area contributed by atoms with Crippen molar-refractivity contribution in [2.75, 3.05) is 26.2 Å². The summed E-state index contributed by atoms with van der Waals surface area (Å²) in [5, 5.41) is 11.5. The number of halogens is 1. The zero-order valence-corrected chi connectivity index (χ0v) is 15.1. The molecule has 0 spiro atoms. The number of amides is 1. The van der Waals surface area contributed by atoms with E-state index < -0.39 is 10.0 Å². The van der Waals surface area contributed by atoms with Crippen LogP contribution in [0.1, 0.15) is 19.3 Å². The first-order valence-electron chi connectivity index (χ1n) is 7.59. The molecule has 1 atom stereocenters. The first-order valence-corrected chi connectivity index (χ1v) is 9.82. The zero-order chi connectivity index (χ0) is 16.9. The SMILES string of the molecule is O=C(NCCCO)C1CCCN(S(=O)(=O)c2ccc(Br)cc2)C1. The lowest BCUT2D eigenvalue weighted by Crippen LogP contribution is -2.45. The van der Waals surface area contributed by atoms with Crippen molar-refractivity contribution in [1.29, 1.82) is 0 Å². The van der Waals surface area contributed by atoms with Crippen LogP contribution in [0.4, 0.5) is 0 Å². The molecule has 1 aliphatic heterocycles. The molecule has 1 aromatic carbocycles. The van der Waals surface area contributed by atoms with E-state index in [0.717, 1.165) is 4.47 Å². The van der Waals surface area contributed by atoms with Gasteiger partial charge in [-0.1, -0.05) is 15.9 Å². The highest BCUT2D eigenvalue weighted by molar-refractivity contribution is 9.10. The summed E-state index contributed by atoms with van der Waals surface area (Å²) in [6, 6.07) is 6.50. The van der Waals surface area contributed by atoms with Crippen LogP contribution in [-0.2, 0) is 14.8 Å². The average Bonchev–Trinajstić information content (AvgIpc) is 2.55. The van der Waals surface area contributed by atoms with Crippen LogP contribution in [0, 0.1) is 5.92 Å². The van der Waals surface area contributed by atoms with E-state index in [4.69, 9.17) is 5.11 Å². The molecule has 0 saturated carbocycles. The molecular weight excluding hydrogens is 384 g/mol. The van der Waals surface area contributed by atoms with Gasteiger partial charge >= 0.3 is 0 Å². The lowest BCUT2D eigenvalue weighted by molar-refractivity contribution is -0.126. The minimum absolute atomic E-state index is 0.0228. The molecule has 1 amide bonds. The van der Waals surface area contributed by atoms with E-state index in [1.165, 1.54) is 4.31 Å². The van der Waals surface area contributed by atoms with Crippen LogP contribution < -0.4 is 5.32 Å². The third-order valence-electron chi connectivity index (χ3n) is 3.84. The third-order valence-corrected chi connectivity index (χ3v) is 6.25. The Morgan fingerprint density at radius 2 is 2.04 bits per heavy atom. The van der Waals surface area contributed by atoms with Crippen molar-refractivity contribution < 1.29 is 18.3 Å². The summed E-state index contributed by atoms with van der Waals surface area (Å²) in [5.74, 6) is -0.484. The van der Waals surface area contributed by atoms with E-state index >= 15 is 0 Å². The van der Waals surface area contributed by atoms with Crippen molar-refractivity contribution in [1.82, 2.24) is 9.62 Å². The molecule has 0 bridgehead atoms. The molecule has 6 nitrogen and oxygen atoms in total. The van der Waals surface area contributed by atoms with Crippen LogP contribution >= 0.6 is 15.9 Å². The molecule has 2 N–H and O–H groups in total. The second-order valence-electron chi connectivity index (χ2n) is 5.52. The molecule has 23 heavy (non-hydrogen) atoms. The Balaban J connectivity index is 2.05. The monoisotopic (exact) mass is 404 g/mol. The average molecular weight is 405 g/mol. The second kappa shape index (κ2) is 8.23. The molecule has 1 heterocycles. The van der Waals surface area contributed by atoms with Gasteiger partial charge in [0.25, 0.3) is 0 Å². The fraction of sp³-hybridized carbons (Fsp3) is 0.533. The summed E-state index contributed by atoms with van der Waals surface area (Å²) in [6.07, 6.45) is 1.84. The number of hydrogen-bond acceptors (Lipinski definition) is 4. The van der Waals surface area contributed by atoms with Crippen LogP contribution in [0.3, 0.4) is 0 Å². The Morgan fingerprint density at radius 1 is 1.35 bits per heavy atom. The Morgan fingerprint density at radius 3 is 2.70 bits per heavy atom. The minimum Gasteiger partial charge on any atom is -0.396 e. The van der Waals surface area contributed by atoms with E-state index in [9.17, 15) is 13.2 Å². The summed E-state index contributed by atoms with van der Waals surface area (Å²) < 4.78 is 27.5. The van der Waals surface area contributed by atoms with Gasteiger partial charge in [-0.25, -0.2) is 8.42 Å². The highest BCUT2D eigenvalue weighted by Crippen LogP contribution is 2.24. The van der Waals surface area contributed by atoms with Crippen molar-refractivity contribution in [2.24, 2.45) is 5.92 Å². The molecular formula is C15H21BrN2O4S. The highest BCUT2D eigenvalue weighted by atomic mass is 79.9. The molecule has 1 saturated heterocycles. The summed E-state index contributed by atoms with van der Waals surface area (Å²) in [7, 11) is -3.58. The Labute approximate surface area is 145 Å². The number of nitrogens with one attached hydrogen (secondary N) is 1. The molecule has 1 unspecified atom stereocenters. The first kappa shape index (κ1) is 18.4. The summed E-state index contributed by atoms with van der Waals surface area (Å²) in [6.45, 7) is 1.06. The van der Waals surface area contributed by atoms with Gasteiger partial charge in [-0.05, 0) is 43.5 Å². The van der Waals surface area contributed by atoms with Gasteiger partial charge < -0.3 is 10.4 Å². The largest absolute Gasteiger partial charge is 0.396 e. The number of rotatable bonds is 6. The van der Waals surface area contributed by atoms with Crippen LogP contribution in [0.5, 0.6) is 0 Å². The van der Waals surface area contributed by atoms with Gasteiger partial charge in [0, 0.05) is 30.7 Å². The smallest absolute Gasteiger partial charge is 0.243 e. The highest BCUT2D eigenvalue weighted by Gasteiger charge is 2.33. The van der Waals surface area contributed by atoms with Crippen LogP contribution in [-0.4, -0.2) is 50.0 Å². The number of aliphatic hydroxyl groups excluding tert-OH is 1. The first-order chi connectivity index (χ1) is 10.9. The molecule has 1 fully saturated rings. The number of benzene rings is 1. The van der Waals surface area contributed by atoms with Crippen molar-refractivity contribution in [3.8, 4) is 0 Å². The van der Waals surface area contributed by atoms with E-state index in [1.54, 1.807) is 24.3 Å². The quantitative estimate of drug-likeness (QED) is 0.700. The number of carbonyl (C=O) groups excluding carboxylic acids is 1. The van der Waals surface area contributed by atoms with Crippen LogP contribution in [0.2, 0.25) is 0 Å². The van der Waals surface area contributed by atoms with Gasteiger partial charge in [0.15, 0.2) is 0 Å². The van der Waals surface area contributed by atoms with E-state index in [-0.39, 0.29) is 29.9 Å². The van der Waals surface area contributed by atoms with Crippen molar-refractivity contribution >= 4 is 31.9 Å². The molecule has 0 radical (unpaired) electrons. The van der Waals surface area contributed by atoms with Gasteiger partial charge in [-0.2, -0.15) is 4.31 Å². The Bertz CT molecular complexity index is 633. The van der Waals surface area contributed by atoms with Gasteiger partial charge in [0.2, 0.25) is 15.9 Å². The number of sulfonamides is 1. The predicted octanol–water partition coefficient (Wildman–Crippen LogP) is 1.35. The fourth-order valence-corrected chi connectivity index (χ4v) is 4.35. The second-order valence-corrected chi connectivity index (χ2v) is 8.38. The van der Waals surface area contributed by atoms with Gasteiger partial charge in [0.1, 0.15) is 0 Å². The van der Waals surface area contributed by atoms with Crippen molar-refractivity contribution in [3.63, 3.8) is 0 Å². The Hall–Kier alpha value is -0.960. The minimum atomic E-state index is -3.58. The molecule has 2 rings (SSSR count). The topological polar surface area (TPSA) is 86.7 Å². The maximum atomic E-state index is 12.7. The number of piperidine rings is 1. The van der Waals surface area contributed by atoms with Crippen molar-refractivity contribution in [3.05, 3.63) is 28.7 Å². The molecule has 0 aliphatic carbocycles. The van der Waals surface area contributed by atoms with E-state index in [2.05, 4.69) is 21.2 Å². The van der Waals surface area contributed by atoms with Crippen molar-refractivity contribution in [2.45, 2.75) is 24.2 Å². The Kier molecular flexibility index (Phi) is 6.58. The number of carbonyl (C=O) groups is 1. The zero-order valence-electron chi connectivity index (χ0n) is 12.7. The van der Waals surface area contributed by atoms with E-state index in [0.29, 0.717) is 32.4 Å². The summed E-state index contributed by atoms with van der Waals surface area (Å²) in [5.41, 5.74) is 0. The van der Waals surface area contributed by atoms with Crippen LogP contribution in [0.15, 0.2) is 33.6 Å². The van der Waals surface area contributed by atoms with E-state index in [1.807, 2.05) is 0 Å². The van der Waals surface area contributed by atoms with Gasteiger partial charge in [-0.3, -0.25) is 4.79 Å². The maximum Gasteiger partial charge on any atom is 0.243 e. The molecule has 0 aromatic heterocycles. The summed E-state index contributed by atoms with van der Waals surface area (Å²) in [4.78, 5) is 12.3. The molecule has 128 valence electrons. The lowest BCUT2D eigenvalue weighted by atomic mass is 9.99. The molecule has 1 aliphatic rings.